The molecule has 0 radical (unpaired) electrons. The van der Waals surface area contributed by atoms with Gasteiger partial charge in [-0.25, -0.2) is 9.59 Å². The van der Waals surface area contributed by atoms with Gasteiger partial charge in [-0.3, -0.25) is 0 Å². The number of alkyl carbamates (subject to hydrolysis) is 1. The SMILES string of the molecule is C=C(C)C(=O)OC1CCC(OC(=O)NC[Si](C)(OC)OC)CC1. The average molecular weight is 345 g/mol. The lowest BCUT2D eigenvalue weighted by Gasteiger charge is -2.28. The van der Waals surface area contributed by atoms with Crippen LogP contribution in [-0.4, -0.2) is 53.2 Å². The first kappa shape index (κ1) is 19.7. The molecular formula is C15H27NO6Si. The number of hydrogen-bond donors (Lipinski definition) is 1. The first-order valence-corrected chi connectivity index (χ1v) is 10.2. The van der Waals surface area contributed by atoms with Crippen LogP contribution in [0.1, 0.15) is 32.6 Å². The summed E-state index contributed by atoms with van der Waals surface area (Å²) in [5.74, 6) is -0.365. The summed E-state index contributed by atoms with van der Waals surface area (Å²) in [7, 11) is 0.788. The molecule has 1 N–H and O–H groups in total. The molecule has 0 heterocycles. The maximum Gasteiger partial charge on any atom is 0.407 e. The lowest BCUT2D eigenvalue weighted by molar-refractivity contribution is -0.146. The molecule has 1 saturated carbocycles. The van der Waals surface area contributed by atoms with Gasteiger partial charge in [-0.1, -0.05) is 6.58 Å². The second-order valence-electron chi connectivity index (χ2n) is 5.89. The van der Waals surface area contributed by atoms with E-state index in [-0.39, 0.29) is 18.2 Å². The Morgan fingerprint density at radius 3 is 2.00 bits per heavy atom. The van der Waals surface area contributed by atoms with Crippen molar-refractivity contribution in [3.8, 4) is 0 Å². The molecule has 1 aliphatic rings. The summed E-state index contributed by atoms with van der Waals surface area (Å²) in [6.45, 7) is 7.04. The molecule has 1 fully saturated rings. The van der Waals surface area contributed by atoms with Gasteiger partial charge in [-0.05, 0) is 39.2 Å². The Labute approximate surface area is 138 Å². The Morgan fingerprint density at radius 2 is 1.57 bits per heavy atom. The Balaban J connectivity index is 2.29. The molecule has 1 rings (SSSR count). The Bertz CT molecular complexity index is 430. The second kappa shape index (κ2) is 9.04. The monoisotopic (exact) mass is 345 g/mol. The largest absolute Gasteiger partial charge is 0.459 e. The van der Waals surface area contributed by atoms with Gasteiger partial charge >= 0.3 is 20.6 Å². The molecule has 1 aliphatic carbocycles. The van der Waals surface area contributed by atoms with Gasteiger partial charge in [0.05, 0.1) is 6.17 Å². The van der Waals surface area contributed by atoms with Crippen LogP contribution >= 0.6 is 0 Å². The van der Waals surface area contributed by atoms with Gasteiger partial charge in [0.15, 0.2) is 0 Å². The number of rotatable bonds is 7. The Kier molecular flexibility index (Phi) is 7.73. The molecule has 8 heteroatoms. The molecular weight excluding hydrogens is 318 g/mol. The van der Waals surface area contributed by atoms with E-state index in [0.29, 0.717) is 37.4 Å². The highest BCUT2D eigenvalue weighted by atomic mass is 28.4. The van der Waals surface area contributed by atoms with Crippen molar-refractivity contribution >= 4 is 20.6 Å². The van der Waals surface area contributed by atoms with Crippen LogP contribution in [0.5, 0.6) is 0 Å². The number of nitrogens with one attached hydrogen (secondary N) is 1. The van der Waals surface area contributed by atoms with Crippen LogP contribution in [0, 0.1) is 0 Å². The third-order valence-electron chi connectivity index (χ3n) is 3.93. The molecule has 132 valence electrons. The van der Waals surface area contributed by atoms with E-state index in [9.17, 15) is 9.59 Å². The molecule has 0 aromatic carbocycles. The maximum atomic E-state index is 11.8. The molecule has 23 heavy (non-hydrogen) atoms. The number of amides is 1. The predicted molar refractivity (Wildman–Crippen MR) is 87.1 cm³/mol. The van der Waals surface area contributed by atoms with E-state index in [1.165, 1.54) is 0 Å². The van der Waals surface area contributed by atoms with Crippen molar-refractivity contribution in [2.45, 2.75) is 51.4 Å². The maximum absolute atomic E-state index is 11.8. The minimum Gasteiger partial charge on any atom is -0.459 e. The van der Waals surface area contributed by atoms with Crippen LogP contribution in [0.2, 0.25) is 6.55 Å². The van der Waals surface area contributed by atoms with E-state index < -0.39 is 14.7 Å². The van der Waals surface area contributed by atoms with Crippen molar-refractivity contribution in [1.29, 1.82) is 0 Å². The van der Waals surface area contributed by atoms with Crippen LogP contribution in [-0.2, 0) is 23.1 Å². The summed E-state index contributed by atoms with van der Waals surface area (Å²) < 4.78 is 21.3. The molecule has 0 aromatic heterocycles. The van der Waals surface area contributed by atoms with Gasteiger partial charge in [0, 0.05) is 19.8 Å². The van der Waals surface area contributed by atoms with E-state index >= 15 is 0 Å². The smallest absolute Gasteiger partial charge is 0.407 e. The number of ether oxygens (including phenoxy) is 2. The molecule has 7 nitrogen and oxygen atoms in total. The molecule has 1 amide bonds. The van der Waals surface area contributed by atoms with E-state index in [1.54, 1.807) is 21.1 Å². The number of esters is 1. The molecule has 0 aromatic rings. The Hall–Kier alpha value is -1.38. The van der Waals surface area contributed by atoms with Crippen LogP contribution < -0.4 is 5.32 Å². The van der Waals surface area contributed by atoms with E-state index in [1.807, 2.05) is 6.55 Å². The van der Waals surface area contributed by atoms with Crippen LogP contribution in [0.15, 0.2) is 12.2 Å². The molecule has 0 aliphatic heterocycles. The van der Waals surface area contributed by atoms with Crippen molar-refractivity contribution in [2.75, 3.05) is 20.4 Å². The summed E-state index contributed by atoms with van der Waals surface area (Å²) in [5, 5.41) is 2.68. The molecule has 0 unspecified atom stereocenters. The van der Waals surface area contributed by atoms with Crippen LogP contribution in [0.25, 0.3) is 0 Å². The zero-order valence-corrected chi connectivity index (χ0v) is 15.3. The third-order valence-corrected chi connectivity index (χ3v) is 6.48. The van der Waals surface area contributed by atoms with Gasteiger partial charge in [0.25, 0.3) is 0 Å². The van der Waals surface area contributed by atoms with Crippen LogP contribution in [0.4, 0.5) is 4.79 Å². The second-order valence-corrected chi connectivity index (χ2v) is 9.32. The fourth-order valence-corrected chi connectivity index (χ4v) is 3.09. The highest BCUT2D eigenvalue weighted by molar-refractivity contribution is 6.66. The lowest BCUT2D eigenvalue weighted by atomic mass is 9.95. The lowest BCUT2D eigenvalue weighted by Crippen LogP contribution is -2.49. The molecule has 0 atom stereocenters. The Morgan fingerprint density at radius 1 is 1.09 bits per heavy atom. The minimum atomic E-state index is -2.34. The molecule has 0 saturated heterocycles. The molecule has 0 spiro atoms. The van der Waals surface area contributed by atoms with E-state index in [4.69, 9.17) is 18.3 Å². The highest BCUT2D eigenvalue weighted by Gasteiger charge is 2.31. The van der Waals surface area contributed by atoms with Crippen molar-refractivity contribution in [2.24, 2.45) is 0 Å². The average Bonchev–Trinajstić information content (AvgIpc) is 2.54. The quantitative estimate of drug-likeness (QED) is 0.432. The summed E-state index contributed by atoms with van der Waals surface area (Å²) in [6.07, 6.45) is 2.27. The number of carbonyl (C=O) groups excluding carboxylic acids is 2. The summed E-state index contributed by atoms with van der Waals surface area (Å²) >= 11 is 0. The van der Waals surface area contributed by atoms with Crippen molar-refractivity contribution in [3.05, 3.63) is 12.2 Å². The normalized spacial score (nSPS) is 21.4. The minimum absolute atomic E-state index is 0.125. The predicted octanol–water partition coefficient (Wildman–Crippen LogP) is 2.05. The van der Waals surface area contributed by atoms with Gasteiger partial charge in [-0.15, -0.1) is 0 Å². The fraction of sp³-hybridized carbons (Fsp3) is 0.733. The van der Waals surface area contributed by atoms with E-state index in [2.05, 4.69) is 11.9 Å². The first-order chi connectivity index (χ1) is 10.8. The zero-order valence-electron chi connectivity index (χ0n) is 14.3. The number of carbonyl (C=O) groups is 2. The van der Waals surface area contributed by atoms with Crippen molar-refractivity contribution < 1.29 is 27.9 Å². The third kappa shape index (κ3) is 6.72. The topological polar surface area (TPSA) is 83.1 Å². The fourth-order valence-electron chi connectivity index (χ4n) is 2.17. The zero-order chi connectivity index (χ0) is 17.5. The van der Waals surface area contributed by atoms with Gasteiger partial charge in [0.2, 0.25) is 0 Å². The van der Waals surface area contributed by atoms with Gasteiger partial charge in [0.1, 0.15) is 12.2 Å². The van der Waals surface area contributed by atoms with Crippen molar-refractivity contribution in [3.63, 3.8) is 0 Å². The van der Waals surface area contributed by atoms with Gasteiger partial charge < -0.3 is 23.6 Å². The standard InChI is InChI=1S/C15H27NO6Si/c1-11(2)14(17)21-12-6-8-13(9-7-12)22-15(18)16-10-23(5,19-3)20-4/h12-13H,1,6-10H2,2-5H3,(H,16,18). The first-order valence-electron chi connectivity index (χ1n) is 7.71. The van der Waals surface area contributed by atoms with E-state index in [0.717, 1.165) is 0 Å². The molecule has 0 bridgehead atoms. The summed E-state index contributed by atoms with van der Waals surface area (Å²) in [5.41, 5.74) is 0.395. The number of hydrogen-bond acceptors (Lipinski definition) is 6. The highest BCUT2D eigenvalue weighted by Crippen LogP contribution is 2.24. The van der Waals surface area contributed by atoms with Crippen molar-refractivity contribution in [1.82, 2.24) is 5.32 Å². The summed E-state index contributed by atoms with van der Waals surface area (Å²) in [4.78, 5) is 23.3. The van der Waals surface area contributed by atoms with Crippen LogP contribution in [0.3, 0.4) is 0 Å². The van der Waals surface area contributed by atoms with Gasteiger partial charge in [-0.2, -0.15) is 0 Å². The summed E-state index contributed by atoms with van der Waals surface area (Å²) in [6, 6.07) is 0.